The Kier molecular flexibility index (Phi) is 6.23. The molecule has 0 unspecified atom stereocenters. The van der Waals surface area contributed by atoms with Gasteiger partial charge in [0, 0.05) is 16.1 Å². The third kappa shape index (κ3) is 5.48. The Morgan fingerprint density at radius 2 is 1.91 bits per heavy atom. The highest BCUT2D eigenvalue weighted by Gasteiger charge is 2.34. The topological polar surface area (TPSA) is 89.6 Å². The Hall–Kier alpha value is -1.30. The van der Waals surface area contributed by atoms with E-state index in [9.17, 15) is 9.59 Å². The molecule has 5 nitrogen and oxygen atoms in total. The molecule has 1 aromatic rings. The molecule has 0 aliphatic carbocycles. The van der Waals surface area contributed by atoms with Crippen LogP contribution in [-0.2, 0) is 14.3 Å². The summed E-state index contributed by atoms with van der Waals surface area (Å²) in [6.07, 6.45) is -0.386. The molecule has 0 aliphatic rings. The van der Waals surface area contributed by atoms with Gasteiger partial charge < -0.3 is 15.6 Å². The fourth-order valence-electron chi connectivity index (χ4n) is 1.97. The Morgan fingerprint density at radius 3 is 2.36 bits per heavy atom. The van der Waals surface area contributed by atoms with Crippen LogP contribution in [0.15, 0.2) is 18.2 Å². The van der Waals surface area contributed by atoms with Crippen molar-refractivity contribution in [3.63, 3.8) is 0 Å². The normalized spacial score (nSPS) is 14.3. The SMILES string of the molecule is CC(C)(C)OC(=O)[C@H](c1ccc(Cl)cc1Cl)[C@H](N)CC(=O)O. The summed E-state index contributed by atoms with van der Waals surface area (Å²) in [5, 5.41) is 9.57. The number of ether oxygens (including phenoxy) is 1. The fraction of sp³-hybridized carbons (Fsp3) is 0.467. The van der Waals surface area contributed by atoms with Gasteiger partial charge in [-0.05, 0) is 38.5 Å². The first-order chi connectivity index (χ1) is 10.0. The largest absolute Gasteiger partial charge is 0.481 e. The Balaban J connectivity index is 3.21. The number of nitrogens with two attached hydrogens (primary N) is 1. The van der Waals surface area contributed by atoms with Gasteiger partial charge in [0.1, 0.15) is 5.60 Å². The molecule has 0 spiro atoms. The van der Waals surface area contributed by atoms with Crippen LogP contribution in [0.1, 0.15) is 38.7 Å². The molecule has 122 valence electrons. The van der Waals surface area contributed by atoms with Crippen LogP contribution in [0.4, 0.5) is 0 Å². The fourth-order valence-corrected chi connectivity index (χ4v) is 2.50. The summed E-state index contributed by atoms with van der Waals surface area (Å²) in [5.74, 6) is -2.71. The van der Waals surface area contributed by atoms with Crippen LogP contribution in [0, 0.1) is 0 Å². The number of carboxylic acids is 1. The smallest absolute Gasteiger partial charge is 0.315 e. The van der Waals surface area contributed by atoms with Crippen LogP contribution in [0.2, 0.25) is 10.0 Å². The predicted molar refractivity (Wildman–Crippen MR) is 85.3 cm³/mol. The minimum absolute atomic E-state index is 0.240. The minimum atomic E-state index is -1.11. The summed E-state index contributed by atoms with van der Waals surface area (Å²) >= 11 is 12.0. The molecule has 0 radical (unpaired) electrons. The van der Waals surface area contributed by atoms with E-state index in [1.54, 1.807) is 32.9 Å². The van der Waals surface area contributed by atoms with Crippen LogP contribution in [0.5, 0.6) is 0 Å². The van der Waals surface area contributed by atoms with Crippen molar-refractivity contribution in [2.75, 3.05) is 0 Å². The number of hydrogen-bond donors (Lipinski definition) is 2. The number of hydrogen-bond acceptors (Lipinski definition) is 4. The van der Waals surface area contributed by atoms with Gasteiger partial charge in [0.2, 0.25) is 0 Å². The van der Waals surface area contributed by atoms with Crippen molar-refractivity contribution in [1.29, 1.82) is 0 Å². The Labute approximate surface area is 139 Å². The van der Waals surface area contributed by atoms with Crippen molar-refractivity contribution < 1.29 is 19.4 Å². The second-order valence-corrected chi connectivity index (χ2v) is 6.78. The molecule has 0 bridgehead atoms. The number of carbonyl (C=O) groups excluding carboxylic acids is 1. The van der Waals surface area contributed by atoms with Gasteiger partial charge in [-0.3, -0.25) is 9.59 Å². The van der Waals surface area contributed by atoms with E-state index in [-0.39, 0.29) is 11.4 Å². The summed E-state index contributed by atoms with van der Waals surface area (Å²) in [6, 6.07) is 3.63. The van der Waals surface area contributed by atoms with Gasteiger partial charge in [0.05, 0.1) is 12.3 Å². The molecule has 0 fully saturated rings. The average Bonchev–Trinajstić information content (AvgIpc) is 2.28. The maximum Gasteiger partial charge on any atom is 0.315 e. The van der Waals surface area contributed by atoms with Crippen LogP contribution in [-0.4, -0.2) is 28.7 Å². The summed E-state index contributed by atoms with van der Waals surface area (Å²) < 4.78 is 5.34. The molecule has 1 aromatic carbocycles. The van der Waals surface area contributed by atoms with Gasteiger partial charge in [-0.25, -0.2) is 0 Å². The summed E-state index contributed by atoms with van der Waals surface area (Å²) in [4.78, 5) is 23.3. The zero-order chi connectivity index (χ0) is 17.1. The lowest BCUT2D eigenvalue weighted by atomic mass is 9.89. The van der Waals surface area contributed by atoms with E-state index in [0.29, 0.717) is 10.6 Å². The van der Waals surface area contributed by atoms with E-state index in [1.165, 1.54) is 6.07 Å². The first kappa shape index (κ1) is 18.7. The standard InChI is InChI=1S/C15H19Cl2NO4/c1-15(2,3)22-14(21)13(11(18)7-12(19)20)9-5-4-8(16)6-10(9)17/h4-6,11,13H,7,18H2,1-3H3,(H,19,20)/t11-,13-/m1/s1. The average molecular weight is 348 g/mol. The highest BCUT2D eigenvalue weighted by molar-refractivity contribution is 6.35. The van der Waals surface area contributed by atoms with Crippen LogP contribution < -0.4 is 5.73 Å². The van der Waals surface area contributed by atoms with Gasteiger partial charge >= 0.3 is 11.9 Å². The second-order valence-electron chi connectivity index (χ2n) is 5.94. The third-order valence-corrected chi connectivity index (χ3v) is 3.36. The van der Waals surface area contributed by atoms with Crippen molar-refractivity contribution in [2.24, 2.45) is 5.73 Å². The molecule has 0 aliphatic heterocycles. The second kappa shape index (κ2) is 7.31. The van der Waals surface area contributed by atoms with Crippen LogP contribution in [0.3, 0.4) is 0 Å². The van der Waals surface area contributed by atoms with Gasteiger partial charge in [-0.2, -0.15) is 0 Å². The van der Waals surface area contributed by atoms with Crippen LogP contribution >= 0.6 is 23.2 Å². The monoisotopic (exact) mass is 347 g/mol. The molecule has 1 rings (SSSR count). The molecule has 0 amide bonds. The number of esters is 1. The van der Waals surface area contributed by atoms with E-state index >= 15 is 0 Å². The molecule has 2 atom stereocenters. The highest BCUT2D eigenvalue weighted by atomic mass is 35.5. The van der Waals surface area contributed by atoms with E-state index in [2.05, 4.69) is 0 Å². The van der Waals surface area contributed by atoms with Crippen LogP contribution in [0.25, 0.3) is 0 Å². The molecular weight excluding hydrogens is 329 g/mol. The van der Waals surface area contributed by atoms with E-state index in [0.717, 1.165) is 0 Å². The minimum Gasteiger partial charge on any atom is -0.481 e. The Morgan fingerprint density at radius 1 is 1.32 bits per heavy atom. The number of benzene rings is 1. The summed E-state index contributed by atoms with van der Waals surface area (Å²) in [7, 11) is 0. The lowest BCUT2D eigenvalue weighted by Gasteiger charge is -2.27. The zero-order valence-electron chi connectivity index (χ0n) is 12.6. The molecule has 22 heavy (non-hydrogen) atoms. The van der Waals surface area contributed by atoms with Crippen molar-refractivity contribution in [1.82, 2.24) is 0 Å². The molecule has 0 heterocycles. The number of carbonyl (C=O) groups is 2. The zero-order valence-corrected chi connectivity index (χ0v) is 14.1. The first-order valence-corrected chi connectivity index (χ1v) is 7.42. The summed E-state index contributed by atoms with van der Waals surface area (Å²) in [5.41, 5.74) is 5.58. The van der Waals surface area contributed by atoms with Crippen molar-refractivity contribution >= 4 is 35.1 Å². The third-order valence-electron chi connectivity index (χ3n) is 2.80. The van der Waals surface area contributed by atoms with Gasteiger partial charge in [-0.15, -0.1) is 0 Å². The molecule has 0 saturated heterocycles. The molecule has 0 aromatic heterocycles. The number of halogens is 2. The van der Waals surface area contributed by atoms with Crippen molar-refractivity contribution in [3.8, 4) is 0 Å². The lowest BCUT2D eigenvalue weighted by Crippen LogP contribution is -2.39. The highest BCUT2D eigenvalue weighted by Crippen LogP contribution is 2.32. The van der Waals surface area contributed by atoms with Crippen molar-refractivity contribution in [3.05, 3.63) is 33.8 Å². The van der Waals surface area contributed by atoms with Gasteiger partial charge in [0.25, 0.3) is 0 Å². The molecule has 7 heteroatoms. The molecule has 0 saturated carbocycles. The number of rotatable bonds is 5. The number of aliphatic carboxylic acids is 1. The molecular formula is C15H19Cl2NO4. The van der Waals surface area contributed by atoms with E-state index < -0.39 is 29.5 Å². The Bertz CT molecular complexity index is 569. The maximum absolute atomic E-state index is 12.4. The molecule has 3 N–H and O–H groups in total. The van der Waals surface area contributed by atoms with E-state index in [4.69, 9.17) is 38.8 Å². The quantitative estimate of drug-likeness (QED) is 0.798. The lowest BCUT2D eigenvalue weighted by molar-refractivity contribution is -0.157. The maximum atomic E-state index is 12.4. The van der Waals surface area contributed by atoms with Crippen molar-refractivity contribution in [2.45, 2.75) is 44.8 Å². The van der Waals surface area contributed by atoms with Gasteiger partial charge in [-0.1, -0.05) is 29.3 Å². The summed E-state index contributed by atoms with van der Waals surface area (Å²) in [6.45, 7) is 5.15. The predicted octanol–water partition coefficient (Wildman–Crippen LogP) is 3.22. The van der Waals surface area contributed by atoms with Gasteiger partial charge in [0.15, 0.2) is 0 Å². The van der Waals surface area contributed by atoms with E-state index in [1.807, 2.05) is 0 Å². The first-order valence-electron chi connectivity index (χ1n) is 6.66. The number of carboxylic acid groups (broad SMARTS) is 1.